The number of hydrogen-bond donors (Lipinski definition) is 9. The maximum Gasteiger partial charge on any atom is 0.253 e. The average molecular weight is 817 g/mol. The second-order valence-electron chi connectivity index (χ2n) is 15.2. The molecule has 7 atom stereocenters. The number of aryl methyl sites for hydroxylation is 1. The largest absolute Gasteiger partial charge is 0.507 e. The predicted octanol–water partition coefficient (Wildman–Crippen LogP) is -0.540. The van der Waals surface area contributed by atoms with E-state index in [-0.39, 0.29) is 65.0 Å². The SMILES string of the molecule is CCc1c(OC)cc(OC2OC(CO)C(O)(CC(CN3C(=O)C=CC3=O)C3=CCNC(N)=C3)C(O)C2O)c2c1C(=O)c1cc3c(c(O)c1C2=O)C(NC(N)=NC)CCC3. The van der Waals surface area contributed by atoms with Gasteiger partial charge < -0.3 is 61.8 Å². The van der Waals surface area contributed by atoms with Crippen molar-refractivity contribution in [2.45, 2.75) is 75.3 Å². The Labute approximate surface area is 338 Å². The zero-order valence-electron chi connectivity index (χ0n) is 32.7. The van der Waals surface area contributed by atoms with Crippen molar-refractivity contribution >= 4 is 29.3 Å². The highest BCUT2D eigenvalue weighted by Crippen LogP contribution is 2.48. The van der Waals surface area contributed by atoms with Crippen LogP contribution < -0.4 is 31.6 Å². The van der Waals surface area contributed by atoms with Gasteiger partial charge in [-0.1, -0.05) is 13.0 Å². The topological polar surface area (TPSA) is 289 Å². The van der Waals surface area contributed by atoms with Gasteiger partial charge in [-0.15, -0.1) is 0 Å². The molecule has 5 aliphatic rings. The number of aromatic hydroxyl groups is 1. The first kappa shape index (κ1) is 41.4. The Morgan fingerprint density at radius 3 is 2.49 bits per heavy atom. The number of aliphatic hydroxyl groups is 4. The summed E-state index contributed by atoms with van der Waals surface area (Å²) in [5, 5.41) is 63.9. The molecule has 0 bridgehead atoms. The molecule has 11 N–H and O–H groups in total. The summed E-state index contributed by atoms with van der Waals surface area (Å²) in [4.78, 5) is 59.3. The summed E-state index contributed by atoms with van der Waals surface area (Å²) in [6, 6.07) is 2.43. The van der Waals surface area contributed by atoms with Crippen LogP contribution in [0.1, 0.15) is 80.8 Å². The van der Waals surface area contributed by atoms with Gasteiger partial charge in [0.1, 0.15) is 41.2 Å². The number of dihydropyridines is 1. The summed E-state index contributed by atoms with van der Waals surface area (Å²) >= 11 is 0. The number of methoxy groups -OCH3 is 1. The highest BCUT2D eigenvalue weighted by molar-refractivity contribution is 6.31. The van der Waals surface area contributed by atoms with E-state index in [1.807, 2.05) is 0 Å². The molecule has 7 unspecified atom stereocenters. The van der Waals surface area contributed by atoms with Crippen LogP contribution in [0.4, 0.5) is 0 Å². The number of phenols is 1. The molecule has 2 aromatic rings. The number of nitrogens with one attached hydrogen (secondary N) is 2. The van der Waals surface area contributed by atoms with Gasteiger partial charge in [0.25, 0.3) is 11.8 Å². The van der Waals surface area contributed by atoms with E-state index in [9.17, 15) is 44.7 Å². The van der Waals surface area contributed by atoms with Crippen LogP contribution in [0, 0.1) is 5.92 Å². The number of carbonyl (C=O) groups is 4. The number of allylic oxidation sites excluding steroid dienone is 1. The molecule has 0 aromatic heterocycles. The molecule has 314 valence electrons. The fraction of sp³-hybridized carbons (Fsp3) is 0.439. The molecule has 1 fully saturated rings. The Kier molecular flexibility index (Phi) is 11.3. The molecule has 18 nitrogen and oxygen atoms in total. The summed E-state index contributed by atoms with van der Waals surface area (Å²) < 4.78 is 17.8. The van der Waals surface area contributed by atoms with Gasteiger partial charge in [0.15, 0.2) is 11.7 Å². The van der Waals surface area contributed by atoms with Crippen molar-refractivity contribution in [3.05, 3.63) is 86.8 Å². The van der Waals surface area contributed by atoms with Gasteiger partial charge >= 0.3 is 0 Å². The highest BCUT2D eigenvalue weighted by atomic mass is 16.7. The van der Waals surface area contributed by atoms with Gasteiger partial charge in [-0.25, -0.2) is 0 Å². The highest BCUT2D eigenvalue weighted by Gasteiger charge is 2.57. The maximum absolute atomic E-state index is 14.7. The third kappa shape index (κ3) is 7.09. The van der Waals surface area contributed by atoms with Crippen molar-refractivity contribution in [2.24, 2.45) is 22.4 Å². The van der Waals surface area contributed by atoms with E-state index in [2.05, 4.69) is 15.6 Å². The molecule has 0 saturated carbocycles. The summed E-state index contributed by atoms with van der Waals surface area (Å²) in [6.07, 6.45) is -0.540. The maximum atomic E-state index is 14.7. The van der Waals surface area contributed by atoms with E-state index >= 15 is 0 Å². The summed E-state index contributed by atoms with van der Waals surface area (Å²) in [6.45, 7) is 0.900. The smallest absolute Gasteiger partial charge is 0.253 e. The van der Waals surface area contributed by atoms with Crippen molar-refractivity contribution in [1.82, 2.24) is 15.5 Å². The number of ketones is 2. The molecule has 2 amide bonds. The molecule has 1 saturated heterocycles. The molecule has 7 rings (SSSR count). The van der Waals surface area contributed by atoms with Crippen molar-refractivity contribution in [1.29, 1.82) is 0 Å². The molecule has 0 radical (unpaired) electrons. The first-order valence-electron chi connectivity index (χ1n) is 19.3. The monoisotopic (exact) mass is 816 g/mol. The Bertz CT molecular complexity index is 2210. The number of amides is 2. The van der Waals surface area contributed by atoms with E-state index in [0.717, 1.165) is 17.1 Å². The molecule has 2 aromatic carbocycles. The van der Waals surface area contributed by atoms with Gasteiger partial charge in [0.05, 0.1) is 36.7 Å². The average Bonchev–Trinajstić information content (AvgIpc) is 3.54. The number of ether oxygens (including phenoxy) is 3. The van der Waals surface area contributed by atoms with E-state index in [1.54, 1.807) is 25.1 Å². The van der Waals surface area contributed by atoms with Crippen LogP contribution in [0.15, 0.2) is 52.8 Å². The normalized spacial score (nSPS) is 27.0. The Morgan fingerprint density at radius 2 is 1.85 bits per heavy atom. The van der Waals surface area contributed by atoms with Gasteiger partial charge in [-0.05, 0) is 55.4 Å². The molecule has 18 heteroatoms. The lowest BCUT2D eigenvalue weighted by Crippen LogP contribution is -2.68. The quantitative estimate of drug-likeness (QED) is 0.0667. The third-order valence-corrected chi connectivity index (χ3v) is 11.8. The van der Waals surface area contributed by atoms with Crippen LogP contribution in [0.2, 0.25) is 0 Å². The van der Waals surface area contributed by atoms with Crippen molar-refractivity contribution in [3.63, 3.8) is 0 Å². The summed E-state index contributed by atoms with van der Waals surface area (Å²) in [5.74, 6) is -3.54. The minimum absolute atomic E-state index is 0.0108. The second kappa shape index (κ2) is 16.1. The van der Waals surface area contributed by atoms with Crippen molar-refractivity contribution in [3.8, 4) is 17.2 Å². The standard InChI is InChI=1S/C41H48N6O12/c1-4-21-24(57-3)14-25(33-31(21)34(51)22-12-19-6-5-7-23(46-40(43)44-2)30(19)35(52)32(22)36(33)53)58-39-37(54)38(55)41(56,26(17-48)59-39)15-20(18-10-11-45-27(42)13-18)16-47-28(49)8-9-29(47)50/h8-10,12-14,20,23,26,37-39,45,48,52,54-56H,4-7,11,15-17,42H2,1-3H3,(H3,43,44,46). The van der Waals surface area contributed by atoms with Crippen LogP contribution in [0.3, 0.4) is 0 Å². The van der Waals surface area contributed by atoms with Crippen LogP contribution in [-0.2, 0) is 27.2 Å². The van der Waals surface area contributed by atoms with Crippen molar-refractivity contribution in [2.75, 3.05) is 33.9 Å². The number of guanidine groups is 1. The molecular weight excluding hydrogens is 768 g/mol. The zero-order valence-corrected chi connectivity index (χ0v) is 32.7. The van der Waals surface area contributed by atoms with Gasteiger partial charge in [-0.3, -0.25) is 29.1 Å². The number of phenolic OH excluding ortho intramolecular Hbond substituents is 1. The zero-order chi connectivity index (χ0) is 42.5. The third-order valence-electron chi connectivity index (χ3n) is 11.8. The number of imide groups is 1. The lowest BCUT2D eigenvalue weighted by molar-refractivity contribution is -0.316. The number of nitrogens with zero attached hydrogens (tertiary/aromatic N) is 2. The lowest BCUT2D eigenvalue weighted by Gasteiger charge is -2.49. The number of fused-ring (bicyclic) bond motifs is 3. The second-order valence-corrected chi connectivity index (χ2v) is 15.2. The molecule has 3 aliphatic heterocycles. The fourth-order valence-corrected chi connectivity index (χ4v) is 8.85. The van der Waals surface area contributed by atoms with E-state index in [1.165, 1.54) is 20.2 Å². The number of benzene rings is 2. The van der Waals surface area contributed by atoms with Crippen LogP contribution >= 0.6 is 0 Å². The molecule has 0 spiro atoms. The van der Waals surface area contributed by atoms with Gasteiger partial charge in [0, 0.05) is 66.5 Å². The fourth-order valence-electron chi connectivity index (χ4n) is 8.85. The predicted molar refractivity (Wildman–Crippen MR) is 209 cm³/mol. The van der Waals surface area contributed by atoms with Crippen LogP contribution in [-0.4, -0.2) is 124 Å². The lowest BCUT2D eigenvalue weighted by atomic mass is 9.75. The van der Waals surface area contributed by atoms with Gasteiger partial charge in [0.2, 0.25) is 12.1 Å². The number of aliphatic imine (C=N–C) groups is 1. The Balaban J connectivity index is 1.25. The minimum atomic E-state index is -2.42. The summed E-state index contributed by atoms with van der Waals surface area (Å²) in [7, 11) is 2.87. The van der Waals surface area contributed by atoms with E-state index < -0.39 is 84.3 Å². The Hall–Kier alpha value is -5.79. The van der Waals surface area contributed by atoms with E-state index in [0.29, 0.717) is 41.5 Å². The van der Waals surface area contributed by atoms with E-state index in [4.69, 9.17) is 25.7 Å². The number of nitrogens with two attached hydrogens (primary N) is 2. The number of hydrogen-bond acceptors (Lipinski definition) is 15. The first-order chi connectivity index (χ1) is 28.2. The molecule has 59 heavy (non-hydrogen) atoms. The van der Waals surface area contributed by atoms with Gasteiger partial charge in [-0.2, -0.15) is 0 Å². The van der Waals surface area contributed by atoms with Crippen LogP contribution in [0.25, 0.3) is 0 Å². The molecular formula is C41H48N6O12. The van der Waals surface area contributed by atoms with Crippen molar-refractivity contribution < 1.29 is 58.9 Å². The number of rotatable bonds is 11. The first-order valence-corrected chi connectivity index (χ1v) is 19.3. The summed E-state index contributed by atoms with van der Waals surface area (Å²) in [5.41, 5.74) is 11.0. The minimum Gasteiger partial charge on any atom is -0.507 e. The number of aliphatic hydroxyl groups excluding tert-OH is 3. The molecule has 3 heterocycles. The van der Waals surface area contributed by atoms with Crippen LogP contribution in [0.5, 0.6) is 17.2 Å². The Morgan fingerprint density at radius 1 is 1.12 bits per heavy atom. The number of carbonyl (C=O) groups excluding carboxylic acids is 4. The molecule has 2 aliphatic carbocycles.